The molecule has 0 spiro atoms. The monoisotopic (exact) mass is 343 g/mol. The van der Waals surface area contributed by atoms with E-state index < -0.39 is 43.7 Å². The summed E-state index contributed by atoms with van der Waals surface area (Å²) >= 11 is 0. The van der Waals surface area contributed by atoms with Crippen molar-refractivity contribution in [2.75, 3.05) is 13.2 Å². The molecule has 0 aliphatic rings. The first-order valence-corrected chi connectivity index (χ1v) is 6.81. The summed E-state index contributed by atoms with van der Waals surface area (Å²) in [6.45, 7) is -4.82. The van der Waals surface area contributed by atoms with Crippen LogP contribution in [-0.4, -0.2) is 34.0 Å². The highest BCUT2D eigenvalue weighted by molar-refractivity contribution is 7.90. The van der Waals surface area contributed by atoms with Gasteiger partial charge < -0.3 is 0 Å². The number of rotatable bonds is 6. The third-order valence-electron chi connectivity index (χ3n) is 1.02. The molecule has 0 aliphatic carbocycles. The van der Waals surface area contributed by atoms with E-state index in [2.05, 4.69) is 9.05 Å². The fourth-order valence-electron chi connectivity index (χ4n) is 0.540. The molecule has 0 bridgehead atoms. The van der Waals surface area contributed by atoms with E-state index in [1.807, 2.05) is 0 Å². The van der Waals surface area contributed by atoms with Crippen molar-refractivity contribution in [2.24, 2.45) is 0 Å². The van der Waals surface area contributed by atoms with Crippen LogP contribution in [0.5, 0.6) is 0 Å². The summed E-state index contributed by atoms with van der Waals surface area (Å²) in [5.74, 6) is 0. The lowest BCUT2D eigenvalue weighted by molar-refractivity contribution is -0.165. The molecule has 0 amide bonds. The summed E-state index contributed by atoms with van der Waals surface area (Å²) in [5.41, 5.74) is 0. The van der Waals surface area contributed by atoms with Crippen molar-refractivity contribution in [1.82, 2.24) is 4.49 Å². The van der Waals surface area contributed by atoms with Gasteiger partial charge in [0.1, 0.15) is 0 Å². The van der Waals surface area contributed by atoms with Gasteiger partial charge in [0.2, 0.25) is 0 Å². The number of nitrogens with one attached hydrogen (secondary N) is 1. The molecule has 0 rings (SSSR count). The minimum Gasteiger partial charge on any atom is -0.286 e. The summed E-state index contributed by atoms with van der Waals surface area (Å²) in [6.07, 6.45) is -10.3. The molecular formula is C4H5F7NO5PS. The standard InChI is InChI=1S/C4H5F7NO5PS/c5-3(6,7)1-16-18(13,12-19(11,14)15)17-2-4(8,9)10/h1-2H2,(H,12,13). The Labute approximate surface area is 101 Å². The van der Waals surface area contributed by atoms with Crippen LogP contribution in [0.25, 0.3) is 0 Å². The smallest absolute Gasteiger partial charge is 0.286 e. The van der Waals surface area contributed by atoms with Gasteiger partial charge in [0.05, 0.1) is 0 Å². The van der Waals surface area contributed by atoms with E-state index in [0.29, 0.717) is 4.49 Å². The molecule has 0 atom stereocenters. The Bertz CT molecular complexity index is 421. The van der Waals surface area contributed by atoms with Gasteiger partial charge in [-0.15, -0.1) is 0 Å². The van der Waals surface area contributed by atoms with Gasteiger partial charge in [0, 0.05) is 0 Å². The normalized spacial score (nSPS) is 14.7. The van der Waals surface area contributed by atoms with Crippen LogP contribution in [0.4, 0.5) is 30.2 Å². The Kier molecular flexibility index (Phi) is 5.78. The molecule has 19 heavy (non-hydrogen) atoms. The van der Waals surface area contributed by atoms with E-state index in [9.17, 15) is 43.2 Å². The number of hydrogen-bond acceptors (Lipinski definition) is 5. The van der Waals surface area contributed by atoms with Crippen LogP contribution in [0.2, 0.25) is 0 Å². The Hall–Kier alpha value is -0.430. The quantitative estimate of drug-likeness (QED) is 0.454. The van der Waals surface area contributed by atoms with Crippen LogP contribution in [-0.2, 0) is 24.0 Å². The number of halogens is 7. The Morgan fingerprint density at radius 3 is 1.47 bits per heavy atom. The summed E-state index contributed by atoms with van der Waals surface area (Å²) < 4.78 is 120. The minimum atomic E-state index is -5.91. The molecule has 6 nitrogen and oxygen atoms in total. The molecule has 15 heteroatoms. The van der Waals surface area contributed by atoms with E-state index in [-0.39, 0.29) is 0 Å². The van der Waals surface area contributed by atoms with Gasteiger partial charge in [-0.3, -0.25) is 9.05 Å². The molecule has 116 valence electrons. The van der Waals surface area contributed by atoms with Gasteiger partial charge in [-0.25, -0.2) is 4.57 Å². The van der Waals surface area contributed by atoms with Crippen LogP contribution in [0.15, 0.2) is 0 Å². The maximum Gasteiger partial charge on any atom is 0.421 e. The van der Waals surface area contributed by atoms with E-state index >= 15 is 0 Å². The van der Waals surface area contributed by atoms with Crippen molar-refractivity contribution in [3.8, 4) is 0 Å². The van der Waals surface area contributed by atoms with E-state index in [1.54, 1.807) is 0 Å². The van der Waals surface area contributed by atoms with Crippen molar-refractivity contribution in [3.63, 3.8) is 0 Å². The van der Waals surface area contributed by atoms with Crippen LogP contribution in [0.3, 0.4) is 0 Å². The Balaban J connectivity index is 4.88. The summed E-state index contributed by atoms with van der Waals surface area (Å²) in [7, 11) is -11.6. The van der Waals surface area contributed by atoms with Crippen molar-refractivity contribution in [3.05, 3.63) is 0 Å². The Morgan fingerprint density at radius 1 is 0.947 bits per heavy atom. The first-order valence-electron chi connectivity index (χ1n) is 3.88. The van der Waals surface area contributed by atoms with Crippen LogP contribution >= 0.6 is 7.75 Å². The molecule has 0 fully saturated rings. The zero-order chi connectivity index (χ0) is 15.5. The minimum absolute atomic E-state index is 0.294. The summed E-state index contributed by atoms with van der Waals surface area (Å²) in [6, 6.07) is 0. The molecule has 0 aliphatic heterocycles. The molecule has 1 N–H and O–H groups in total. The van der Waals surface area contributed by atoms with Crippen molar-refractivity contribution < 1.29 is 52.3 Å². The van der Waals surface area contributed by atoms with Gasteiger partial charge in [-0.1, -0.05) is 8.38 Å². The molecule has 0 radical (unpaired) electrons. The molecule has 0 saturated carbocycles. The highest BCUT2D eigenvalue weighted by atomic mass is 32.3. The maximum absolute atomic E-state index is 12.1. The third kappa shape index (κ3) is 11.1. The lowest BCUT2D eigenvalue weighted by Crippen LogP contribution is -2.26. The largest absolute Gasteiger partial charge is 0.421 e. The lowest BCUT2D eigenvalue weighted by atomic mass is 10.7. The van der Waals surface area contributed by atoms with E-state index in [1.165, 1.54) is 0 Å². The lowest BCUT2D eigenvalue weighted by Gasteiger charge is -2.18. The molecule has 0 saturated heterocycles. The van der Waals surface area contributed by atoms with Gasteiger partial charge in [-0.05, 0) is 0 Å². The molecular weight excluding hydrogens is 338 g/mol. The SMILES string of the molecule is O=P(NS(=O)(=O)F)(OCC(F)(F)F)OCC(F)(F)F. The van der Waals surface area contributed by atoms with Crippen molar-refractivity contribution in [1.29, 1.82) is 0 Å². The van der Waals surface area contributed by atoms with Crippen molar-refractivity contribution in [2.45, 2.75) is 12.4 Å². The van der Waals surface area contributed by atoms with E-state index in [0.717, 1.165) is 0 Å². The first-order chi connectivity index (χ1) is 8.12. The molecule has 0 aromatic heterocycles. The topological polar surface area (TPSA) is 81.7 Å². The van der Waals surface area contributed by atoms with Crippen molar-refractivity contribution >= 4 is 18.2 Å². The molecule has 0 aromatic rings. The molecule has 0 unspecified atom stereocenters. The van der Waals surface area contributed by atoms with Gasteiger partial charge in [0.25, 0.3) is 0 Å². The second kappa shape index (κ2) is 5.91. The molecule has 0 heterocycles. The van der Waals surface area contributed by atoms with E-state index in [4.69, 9.17) is 0 Å². The average molecular weight is 343 g/mol. The average Bonchev–Trinajstić information content (AvgIpc) is 2.07. The fraction of sp³-hybridized carbons (Fsp3) is 1.00. The Morgan fingerprint density at radius 2 is 1.26 bits per heavy atom. The van der Waals surface area contributed by atoms with Crippen LogP contribution < -0.4 is 4.49 Å². The van der Waals surface area contributed by atoms with Gasteiger partial charge >= 0.3 is 30.5 Å². The predicted molar refractivity (Wildman–Crippen MR) is 44.8 cm³/mol. The first kappa shape index (κ1) is 18.6. The zero-order valence-electron chi connectivity index (χ0n) is 8.46. The summed E-state index contributed by atoms with van der Waals surface area (Å²) in [4.78, 5) is 0. The highest BCUT2D eigenvalue weighted by Crippen LogP contribution is 2.47. The van der Waals surface area contributed by atoms with Gasteiger partial charge in [0.15, 0.2) is 13.2 Å². The molecule has 0 aromatic carbocycles. The van der Waals surface area contributed by atoms with Crippen LogP contribution in [0, 0.1) is 0 Å². The fourth-order valence-corrected chi connectivity index (χ4v) is 2.74. The maximum atomic E-state index is 12.1. The highest BCUT2D eigenvalue weighted by Gasteiger charge is 2.41. The van der Waals surface area contributed by atoms with Gasteiger partial charge in [-0.2, -0.15) is 34.8 Å². The number of hydrogen-bond donors (Lipinski definition) is 1. The zero-order valence-corrected chi connectivity index (χ0v) is 10.2. The number of alkyl halides is 6. The summed E-state index contributed by atoms with van der Waals surface area (Å²) in [5, 5.41) is 0. The van der Waals surface area contributed by atoms with Crippen LogP contribution in [0.1, 0.15) is 0 Å². The second-order valence-electron chi connectivity index (χ2n) is 2.80. The predicted octanol–water partition coefficient (Wildman–Crippen LogP) is 2.06. The second-order valence-corrected chi connectivity index (χ2v) is 5.92. The third-order valence-corrected chi connectivity index (χ3v) is 3.72.